The summed E-state index contributed by atoms with van der Waals surface area (Å²) in [5.74, 6) is 1.05. The van der Waals surface area contributed by atoms with Gasteiger partial charge in [-0.15, -0.1) is 10.2 Å². The first kappa shape index (κ1) is 19.4. The molecule has 2 heterocycles. The highest BCUT2D eigenvalue weighted by molar-refractivity contribution is 7.99. The molecule has 2 aromatic heterocycles. The molecule has 7 heteroatoms. The van der Waals surface area contributed by atoms with Crippen LogP contribution in [0.15, 0.2) is 53.7 Å². The van der Waals surface area contributed by atoms with Gasteiger partial charge in [0, 0.05) is 17.0 Å². The molecule has 0 spiro atoms. The number of aromatic nitrogens is 4. The van der Waals surface area contributed by atoms with Crippen molar-refractivity contribution in [1.29, 1.82) is 0 Å². The number of carbonyl (C=O) groups excluding carboxylic acids is 1. The lowest BCUT2D eigenvalue weighted by molar-refractivity contribution is -0.119. The van der Waals surface area contributed by atoms with Crippen LogP contribution in [0.4, 0.5) is 0 Å². The van der Waals surface area contributed by atoms with E-state index in [0.29, 0.717) is 5.16 Å². The molecule has 4 aromatic rings. The van der Waals surface area contributed by atoms with Crippen molar-refractivity contribution >= 4 is 34.2 Å². The van der Waals surface area contributed by atoms with Gasteiger partial charge in [0.25, 0.3) is 0 Å². The van der Waals surface area contributed by atoms with Crippen LogP contribution in [0, 0.1) is 6.92 Å². The minimum Gasteiger partial charge on any atom is -0.353 e. The van der Waals surface area contributed by atoms with E-state index in [9.17, 15) is 4.79 Å². The van der Waals surface area contributed by atoms with E-state index in [2.05, 4.69) is 41.5 Å². The molecule has 29 heavy (non-hydrogen) atoms. The number of rotatable bonds is 6. The van der Waals surface area contributed by atoms with Crippen molar-refractivity contribution in [3.05, 3.63) is 54.1 Å². The van der Waals surface area contributed by atoms with Crippen LogP contribution in [-0.2, 0) is 4.79 Å². The number of para-hydroxylation sites is 1. The number of fused-ring (bicyclic) bond motifs is 3. The molecule has 0 aliphatic heterocycles. The average Bonchev–Trinajstić information content (AvgIpc) is 3.16. The van der Waals surface area contributed by atoms with Crippen LogP contribution in [0.5, 0.6) is 0 Å². The number of hydrogen-bond donors (Lipinski definition) is 1. The van der Waals surface area contributed by atoms with E-state index in [1.54, 1.807) is 0 Å². The molecule has 0 bridgehead atoms. The summed E-state index contributed by atoms with van der Waals surface area (Å²) in [7, 11) is 0. The van der Waals surface area contributed by atoms with Gasteiger partial charge in [-0.05, 0) is 38.5 Å². The third kappa shape index (κ3) is 3.96. The van der Waals surface area contributed by atoms with Gasteiger partial charge in [0.2, 0.25) is 5.91 Å². The Balaban J connectivity index is 1.80. The second-order valence-electron chi connectivity index (χ2n) is 7.13. The minimum atomic E-state index is -0.00745. The van der Waals surface area contributed by atoms with Crippen molar-refractivity contribution < 1.29 is 4.79 Å². The van der Waals surface area contributed by atoms with Crippen molar-refractivity contribution in [3.63, 3.8) is 0 Å². The quantitative estimate of drug-likeness (QED) is 0.485. The van der Waals surface area contributed by atoms with E-state index in [1.807, 2.05) is 47.7 Å². The molecule has 0 fully saturated rings. The van der Waals surface area contributed by atoms with Gasteiger partial charge in [0.1, 0.15) is 5.82 Å². The fourth-order valence-corrected chi connectivity index (χ4v) is 3.92. The molecular weight excluding hydrogens is 382 g/mol. The summed E-state index contributed by atoms with van der Waals surface area (Å²) in [6.45, 7) is 6.11. The van der Waals surface area contributed by atoms with Gasteiger partial charge in [-0.3, -0.25) is 9.20 Å². The third-order valence-corrected chi connectivity index (χ3v) is 5.77. The van der Waals surface area contributed by atoms with Gasteiger partial charge >= 0.3 is 0 Å². The van der Waals surface area contributed by atoms with Gasteiger partial charge in [0.05, 0.1) is 11.3 Å². The summed E-state index contributed by atoms with van der Waals surface area (Å²) in [6.07, 6.45) is 0.900. The Labute approximate surface area is 173 Å². The zero-order valence-electron chi connectivity index (χ0n) is 16.7. The number of thioether (sulfide) groups is 1. The van der Waals surface area contributed by atoms with Gasteiger partial charge in [0.15, 0.2) is 10.8 Å². The Morgan fingerprint density at radius 3 is 2.79 bits per heavy atom. The van der Waals surface area contributed by atoms with Crippen molar-refractivity contribution in [1.82, 2.24) is 24.9 Å². The van der Waals surface area contributed by atoms with Crippen LogP contribution >= 0.6 is 11.8 Å². The molecule has 1 unspecified atom stereocenters. The first-order chi connectivity index (χ1) is 14.1. The SMILES string of the molecule is CCC(C)NC(=O)CSc1nnc2c3ccccc3nc(-c3cccc(C)c3)n12. The van der Waals surface area contributed by atoms with E-state index in [-0.39, 0.29) is 17.7 Å². The number of nitrogens with one attached hydrogen (secondary N) is 1. The predicted octanol–water partition coefficient (Wildman–Crippen LogP) is 4.26. The lowest BCUT2D eigenvalue weighted by Crippen LogP contribution is -2.33. The van der Waals surface area contributed by atoms with Crippen molar-refractivity contribution in [3.8, 4) is 11.4 Å². The number of carbonyl (C=O) groups is 1. The van der Waals surface area contributed by atoms with Gasteiger partial charge in [-0.2, -0.15) is 0 Å². The minimum absolute atomic E-state index is 0.00745. The Hall–Kier alpha value is -2.93. The molecule has 0 radical (unpaired) electrons. The number of amides is 1. The van der Waals surface area contributed by atoms with E-state index >= 15 is 0 Å². The smallest absolute Gasteiger partial charge is 0.230 e. The molecule has 1 amide bonds. The van der Waals surface area contributed by atoms with Crippen molar-refractivity contribution in [2.24, 2.45) is 0 Å². The van der Waals surface area contributed by atoms with Gasteiger partial charge in [-0.1, -0.05) is 54.6 Å². The monoisotopic (exact) mass is 405 g/mol. The first-order valence-electron chi connectivity index (χ1n) is 9.70. The van der Waals surface area contributed by atoms with E-state index < -0.39 is 0 Å². The standard InChI is InChI=1S/C22H23N5OS/c1-4-15(3)23-19(28)13-29-22-26-25-21-17-10-5-6-11-18(17)24-20(27(21)22)16-9-7-8-14(2)12-16/h5-12,15H,4,13H2,1-3H3,(H,23,28). The Bertz CT molecular complexity index is 1190. The summed E-state index contributed by atoms with van der Waals surface area (Å²) in [4.78, 5) is 17.2. The van der Waals surface area contributed by atoms with Crippen LogP contribution in [0.1, 0.15) is 25.8 Å². The molecule has 0 aliphatic rings. The fraction of sp³-hybridized carbons (Fsp3) is 0.273. The Morgan fingerprint density at radius 2 is 2.00 bits per heavy atom. The van der Waals surface area contributed by atoms with Crippen LogP contribution in [0.2, 0.25) is 0 Å². The molecule has 6 nitrogen and oxygen atoms in total. The second-order valence-corrected chi connectivity index (χ2v) is 8.07. The molecular formula is C22H23N5OS. The number of benzene rings is 2. The highest BCUT2D eigenvalue weighted by atomic mass is 32.2. The number of hydrogen-bond acceptors (Lipinski definition) is 5. The molecule has 0 saturated heterocycles. The van der Waals surface area contributed by atoms with E-state index in [4.69, 9.17) is 4.98 Å². The van der Waals surface area contributed by atoms with E-state index in [1.165, 1.54) is 11.8 Å². The fourth-order valence-electron chi connectivity index (χ4n) is 3.18. The summed E-state index contributed by atoms with van der Waals surface area (Å²) in [5.41, 5.74) is 3.76. The molecule has 0 saturated carbocycles. The summed E-state index contributed by atoms with van der Waals surface area (Å²) in [6, 6.07) is 16.3. The van der Waals surface area contributed by atoms with Gasteiger partial charge < -0.3 is 5.32 Å². The molecule has 1 atom stereocenters. The van der Waals surface area contributed by atoms with Crippen LogP contribution < -0.4 is 5.32 Å². The topological polar surface area (TPSA) is 72.2 Å². The van der Waals surface area contributed by atoms with Crippen LogP contribution in [0.25, 0.3) is 27.9 Å². The first-order valence-corrected chi connectivity index (χ1v) is 10.7. The van der Waals surface area contributed by atoms with Gasteiger partial charge in [-0.25, -0.2) is 4.98 Å². The largest absolute Gasteiger partial charge is 0.353 e. The maximum atomic E-state index is 12.3. The van der Waals surface area contributed by atoms with Crippen LogP contribution in [0.3, 0.4) is 0 Å². The molecule has 4 rings (SSSR count). The predicted molar refractivity (Wildman–Crippen MR) is 117 cm³/mol. The molecule has 0 aliphatic carbocycles. The maximum absolute atomic E-state index is 12.3. The number of nitrogens with zero attached hydrogens (tertiary/aromatic N) is 4. The molecule has 1 N–H and O–H groups in total. The van der Waals surface area contributed by atoms with E-state index in [0.717, 1.165) is 39.9 Å². The van der Waals surface area contributed by atoms with Crippen LogP contribution in [-0.4, -0.2) is 37.3 Å². The normalized spacial score (nSPS) is 12.4. The Kier molecular flexibility index (Phi) is 5.49. The highest BCUT2D eigenvalue weighted by Gasteiger charge is 2.18. The zero-order valence-corrected chi connectivity index (χ0v) is 17.5. The maximum Gasteiger partial charge on any atom is 0.230 e. The third-order valence-electron chi connectivity index (χ3n) is 4.84. The summed E-state index contributed by atoms with van der Waals surface area (Å²) < 4.78 is 1.96. The summed E-state index contributed by atoms with van der Waals surface area (Å²) >= 11 is 1.38. The Morgan fingerprint density at radius 1 is 1.17 bits per heavy atom. The average molecular weight is 406 g/mol. The molecule has 2 aromatic carbocycles. The highest BCUT2D eigenvalue weighted by Crippen LogP contribution is 2.29. The lowest BCUT2D eigenvalue weighted by Gasteiger charge is -2.12. The zero-order chi connectivity index (χ0) is 20.4. The second kappa shape index (κ2) is 8.21. The summed E-state index contributed by atoms with van der Waals surface area (Å²) in [5, 5.41) is 13.4. The van der Waals surface area contributed by atoms with Crippen molar-refractivity contribution in [2.45, 2.75) is 38.4 Å². The lowest BCUT2D eigenvalue weighted by atomic mass is 10.1. The molecule has 148 valence electrons. The van der Waals surface area contributed by atoms with Crippen molar-refractivity contribution in [2.75, 3.05) is 5.75 Å². The number of aryl methyl sites for hydroxylation is 1.